The second-order valence-corrected chi connectivity index (χ2v) is 9.60. The molecule has 0 atom stereocenters. The van der Waals surface area contributed by atoms with E-state index in [4.69, 9.17) is 34.8 Å². The average Bonchev–Trinajstić information content (AvgIpc) is 3.33. The molecule has 1 amide bonds. The zero-order chi connectivity index (χ0) is 22.9. The van der Waals surface area contributed by atoms with Crippen LogP contribution < -0.4 is 5.32 Å². The van der Waals surface area contributed by atoms with Crippen molar-refractivity contribution < 1.29 is 4.79 Å². The number of carbonyl (C=O) groups excluding carboxylic acids is 1. The third-order valence-corrected chi connectivity index (χ3v) is 7.30. The molecule has 33 heavy (non-hydrogen) atoms. The summed E-state index contributed by atoms with van der Waals surface area (Å²) in [6, 6.07) is 21.1. The van der Waals surface area contributed by atoms with E-state index in [1.165, 1.54) is 11.8 Å². The maximum Gasteiger partial charge on any atom is 0.264 e. The fourth-order valence-electron chi connectivity index (χ4n) is 3.64. The summed E-state index contributed by atoms with van der Waals surface area (Å²) >= 11 is 19.9. The topological polar surface area (TPSA) is 46.4 Å². The highest BCUT2D eigenvalue weighted by atomic mass is 35.5. The summed E-state index contributed by atoms with van der Waals surface area (Å²) in [6.07, 6.45) is 3.92. The van der Waals surface area contributed by atoms with Gasteiger partial charge in [0.25, 0.3) is 5.91 Å². The normalized spacial score (nSPS) is 16.2. The minimum atomic E-state index is -0.208. The first-order valence-corrected chi connectivity index (χ1v) is 12.0. The second kappa shape index (κ2) is 9.27. The van der Waals surface area contributed by atoms with Gasteiger partial charge in [-0.25, -0.2) is 4.99 Å². The van der Waals surface area contributed by atoms with Crippen molar-refractivity contribution in [2.75, 3.05) is 0 Å². The first kappa shape index (κ1) is 22.1. The number of hydrogen-bond acceptors (Lipinski definition) is 3. The Hall–Kier alpha value is -2.70. The molecule has 5 rings (SSSR count). The Labute approximate surface area is 209 Å². The third kappa shape index (κ3) is 4.55. The maximum atomic E-state index is 12.6. The molecule has 2 heterocycles. The summed E-state index contributed by atoms with van der Waals surface area (Å²) < 4.78 is 2.14. The second-order valence-electron chi connectivity index (χ2n) is 7.38. The number of carbonyl (C=O) groups is 1. The van der Waals surface area contributed by atoms with Crippen LogP contribution in [0, 0.1) is 0 Å². The van der Waals surface area contributed by atoms with Gasteiger partial charge in [0, 0.05) is 34.2 Å². The van der Waals surface area contributed by atoms with E-state index in [0.29, 0.717) is 32.4 Å². The van der Waals surface area contributed by atoms with Gasteiger partial charge in [-0.1, -0.05) is 77.3 Å². The Balaban J connectivity index is 1.49. The molecule has 0 saturated carbocycles. The molecule has 1 aromatic heterocycles. The molecule has 1 fully saturated rings. The summed E-state index contributed by atoms with van der Waals surface area (Å²) in [5.41, 5.74) is 3.54. The van der Waals surface area contributed by atoms with E-state index < -0.39 is 0 Å². The van der Waals surface area contributed by atoms with E-state index in [1.54, 1.807) is 18.2 Å². The lowest BCUT2D eigenvalue weighted by Gasteiger charge is -2.07. The number of rotatable bonds is 4. The van der Waals surface area contributed by atoms with Gasteiger partial charge in [-0.15, -0.1) is 0 Å². The highest BCUT2D eigenvalue weighted by Gasteiger charge is 2.25. The lowest BCUT2D eigenvalue weighted by molar-refractivity contribution is -0.115. The van der Waals surface area contributed by atoms with Crippen LogP contribution in [-0.4, -0.2) is 15.6 Å². The monoisotopic (exact) mass is 511 g/mol. The van der Waals surface area contributed by atoms with Crippen LogP contribution >= 0.6 is 46.6 Å². The van der Waals surface area contributed by atoms with Crippen LogP contribution in [0.5, 0.6) is 0 Å². The third-order valence-electron chi connectivity index (χ3n) is 5.21. The quantitative estimate of drug-likeness (QED) is 0.287. The molecular formula is C25H16Cl3N3OS. The molecule has 4 aromatic rings. The predicted molar refractivity (Wildman–Crippen MR) is 140 cm³/mol. The van der Waals surface area contributed by atoms with Crippen molar-refractivity contribution in [1.82, 2.24) is 9.88 Å². The molecule has 3 aromatic carbocycles. The number of fused-ring (bicyclic) bond motifs is 1. The van der Waals surface area contributed by atoms with Gasteiger partial charge in [-0.05, 0) is 47.7 Å². The molecule has 4 nitrogen and oxygen atoms in total. The highest BCUT2D eigenvalue weighted by molar-refractivity contribution is 8.18. The number of halogens is 3. The molecule has 1 aliphatic heterocycles. The van der Waals surface area contributed by atoms with Gasteiger partial charge in [0.15, 0.2) is 5.17 Å². The van der Waals surface area contributed by atoms with Gasteiger partial charge < -0.3 is 9.88 Å². The fourth-order valence-corrected chi connectivity index (χ4v) is 5.00. The number of amides is 1. The zero-order valence-corrected chi connectivity index (χ0v) is 20.1. The van der Waals surface area contributed by atoms with Gasteiger partial charge in [-0.3, -0.25) is 4.79 Å². The van der Waals surface area contributed by atoms with Gasteiger partial charge in [-0.2, -0.15) is 0 Å². The Morgan fingerprint density at radius 3 is 2.55 bits per heavy atom. The van der Waals surface area contributed by atoms with Crippen molar-refractivity contribution in [3.8, 4) is 0 Å². The molecule has 1 N–H and O–H groups in total. The van der Waals surface area contributed by atoms with Crippen molar-refractivity contribution in [2.45, 2.75) is 6.54 Å². The largest absolute Gasteiger partial charge is 0.342 e. The molecule has 0 spiro atoms. The minimum absolute atomic E-state index is 0.208. The first-order valence-electron chi connectivity index (χ1n) is 10.0. The standard InChI is InChI=1S/C25H16Cl3N3OS/c26-18-8-3-1-6-15(18)13-31-14-16(17-7-2-4-11-21(17)31)12-22-24(32)30-25(33-22)29-20-10-5-9-19(27)23(20)28/h1-12,14H,13H2,(H,29,30,32)/b22-12+. The number of hydrogen-bond donors (Lipinski definition) is 1. The molecule has 1 aliphatic rings. The smallest absolute Gasteiger partial charge is 0.264 e. The molecule has 8 heteroatoms. The fraction of sp³-hybridized carbons (Fsp3) is 0.0400. The number of thioether (sulfide) groups is 1. The van der Waals surface area contributed by atoms with Crippen molar-refractivity contribution in [1.29, 1.82) is 0 Å². The van der Waals surface area contributed by atoms with Crippen LogP contribution in [-0.2, 0) is 11.3 Å². The Kier molecular flexibility index (Phi) is 6.21. The van der Waals surface area contributed by atoms with Crippen LogP contribution in [0.1, 0.15) is 11.1 Å². The van der Waals surface area contributed by atoms with Crippen LogP contribution in [0.3, 0.4) is 0 Å². The molecule has 0 unspecified atom stereocenters. The minimum Gasteiger partial charge on any atom is -0.342 e. The average molecular weight is 513 g/mol. The van der Waals surface area contributed by atoms with Crippen molar-refractivity contribution in [2.24, 2.45) is 4.99 Å². The first-order chi connectivity index (χ1) is 16.0. The number of para-hydroxylation sites is 1. The number of nitrogens with zero attached hydrogens (tertiary/aromatic N) is 2. The van der Waals surface area contributed by atoms with E-state index >= 15 is 0 Å². The summed E-state index contributed by atoms with van der Waals surface area (Å²) in [7, 11) is 0. The van der Waals surface area contributed by atoms with Crippen molar-refractivity contribution >= 4 is 80.3 Å². The van der Waals surface area contributed by atoms with Gasteiger partial charge in [0.05, 0.1) is 20.6 Å². The summed E-state index contributed by atoms with van der Waals surface area (Å²) in [5, 5.41) is 5.79. The Bertz CT molecular complexity index is 1460. The highest BCUT2D eigenvalue weighted by Crippen LogP contribution is 2.35. The van der Waals surface area contributed by atoms with Crippen molar-refractivity contribution in [3.63, 3.8) is 0 Å². The lowest BCUT2D eigenvalue weighted by Crippen LogP contribution is -2.19. The van der Waals surface area contributed by atoms with Crippen LogP contribution in [0.4, 0.5) is 5.69 Å². The number of aliphatic imine (C=N–C) groups is 1. The molecule has 0 aliphatic carbocycles. The molecule has 0 radical (unpaired) electrons. The van der Waals surface area contributed by atoms with E-state index in [9.17, 15) is 4.79 Å². The summed E-state index contributed by atoms with van der Waals surface area (Å²) in [5.74, 6) is -0.208. The Morgan fingerprint density at radius 2 is 1.70 bits per heavy atom. The SMILES string of the molecule is O=C1NC(=Nc2cccc(Cl)c2Cl)S/C1=C/c1cn(Cc2ccccc2Cl)c2ccccc12. The van der Waals surface area contributed by atoms with E-state index in [-0.39, 0.29) is 5.91 Å². The maximum absolute atomic E-state index is 12.6. The number of aromatic nitrogens is 1. The lowest BCUT2D eigenvalue weighted by atomic mass is 10.1. The molecular weight excluding hydrogens is 497 g/mol. The van der Waals surface area contributed by atoms with E-state index in [2.05, 4.69) is 20.9 Å². The van der Waals surface area contributed by atoms with Crippen molar-refractivity contribution in [3.05, 3.63) is 104 Å². The summed E-state index contributed by atoms with van der Waals surface area (Å²) in [6.45, 7) is 0.628. The Morgan fingerprint density at radius 1 is 0.939 bits per heavy atom. The van der Waals surface area contributed by atoms with Gasteiger partial charge in [0.2, 0.25) is 0 Å². The van der Waals surface area contributed by atoms with Crippen LogP contribution in [0.15, 0.2) is 82.8 Å². The molecule has 0 bridgehead atoms. The number of amidine groups is 1. The van der Waals surface area contributed by atoms with Gasteiger partial charge >= 0.3 is 0 Å². The molecule has 1 saturated heterocycles. The summed E-state index contributed by atoms with van der Waals surface area (Å²) in [4.78, 5) is 17.7. The van der Waals surface area contributed by atoms with E-state index in [1.807, 2.05) is 54.7 Å². The van der Waals surface area contributed by atoms with Crippen LogP contribution in [0.2, 0.25) is 15.1 Å². The zero-order valence-electron chi connectivity index (χ0n) is 17.1. The predicted octanol–water partition coefficient (Wildman–Crippen LogP) is 7.54. The number of nitrogens with one attached hydrogen (secondary N) is 1. The van der Waals surface area contributed by atoms with Crippen LogP contribution in [0.25, 0.3) is 17.0 Å². The number of benzene rings is 3. The molecule has 164 valence electrons. The van der Waals surface area contributed by atoms with Gasteiger partial charge in [0.1, 0.15) is 0 Å². The van der Waals surface area contributed by atoms with E-state index in [0.717, 1.165) is 27.1 Å².